The maximum Gasteiger partial charge on any atom is 0.239 e. The summed E-state index contributed by atoms with van der Waals surface area (Å²) in [7, 11) is 1.61. The Morgan fingerprint density at radius 2 is 1.74 bits per heavy atom. The number of nitrogens with one attached hydrogen (secondary N) is 1. The zero-order valence-corrected chi connectivity index (χ0v) is 20.3. The van der Waals surface area contributed by atoms with Crippen LogP contribution in [-0.4, -0.2) is 38.4 Å². The highest BCUT2D eigenvalue weighted by Gasteiger charge is 2.22. The molecular weight excluding hydrogens is 486 g/mol. The van der Waals surface area contributed by atoms with Crippen LogP contribution < -0.4 is 10.1 Å². The number of rotatable bonds is 8. The zero-order chi connectivity index (χ0) is 24.2. The van der Waals surface area contributed by atoms with Gasteiger partial charge in [-0.3, -0.25) is 4.79 Å². The Bertz CT molecular complexity index is 1430. The number of thiazole rings is 1. The van der Waals surface area contributed by atoms with Gasteiger partial charge in [-0.05, 0) is 43.3 Å². The van der Waals surface area contributed by atoms with Crippen LogP contribution in [-0.2, 0) is 4.79 Å². The summed E-state index contributed by atoms with van der Waals surface area (Å²) < 4.78 is 16.4. The average molecular weight is 506 g/mol. The summed E-state index contributed by atoms with van der Waals surface area (Å²) in [4.78, 5) is 22.0. The molecule has 1 aromatic carbocycles. The van der Waals surface area contributed by atoms with E-state index in [1.54, 1.807) is 50.8 Å². The van der Waals surface area contributed by atoms with Gasteiger partial charge in [-0.1, -0.05) is 23.9 Å². The second kappa shape index (κ2) is 10.1. The zero-order valence-electron chi connectivity index (χ0n) is 18.7. The maximum atomic E-state index is 12.9. The molecule has 1 amide bonds. The molecule has 0 aliphatic carbocycles. The number of carbonyl (C=O) groups is 1. The van der Waals surface area contributed by atoms with Crippen LogP contribution in [0.2, 0.25) is 0 Å². The molecule has 1 atom stereocenters. The molecule has 176 valence electrons. The molecule has 0 saturated carbocycles. The second-order valence-electron chi connectivity index (χ2n) is 7.23. The molecule has 5 aromatic rings. The van der Waals surface area contributed by atoms with E-state index in [1.807, 2.05) is 29.6 Å². The van der Waals surface area contributed by atoms with Gasteiger partial charge in [0.15, 0.2) is 22.3 Å². The molecule has 35 heavy (non-hydrogen) atoms. The quantitative estimate of drug-likeness (QED) is 0.267. The van der Waals surface area contributed by atoms with Gasteiger partial charge in [0.05, 0.1) is 30.6 Å². The molecule has 4 heterocycles. The van der Waals surface area contributed by atoms with E-state index in [0.29, 0.717) is 33.2 Å². The van der Waals surface area contributed by atoms with Gasteiger partial charge >= 0.3 is 0 Å². The summed E-state index contributed by atoms with van der Waals surface area (Å²) in [5.41, 5.74) is 2.53. The van der Waals surface area contributed by atoms with Crippen molar-refractivity contribution in [1.82, 2.24) is 20.2 Å². The van der Waals surface area contributed by atoms with Crippen LogP contribution >= 0.6 is 23.1 Å². The van der Waals surface area contributed by atoms with Gasteiger partial charge in [-0.2, -0.15) is 0 Å². The first-order valence-corrected chi connectivity index (χ1v) is 12.3. The Morgan fingerprint density at radius 1 is 1.00 bits per heavy atom. The van der Waals surface area contributed by atoms with Crippen molar-refractivity contribution < 1.29 is 18.4 Å². The summed E-state index contributed by atoms with van der Waals surface area (Å²) in [5, 5.41) is 13.5. The van der Waals surface area contributed by atoms with Crippen molar-refractivity contribution >= 4 is 34.1 Å². The van der Waals surface area contributed by atoms with Crippen LogP contribution in [0, 0.1) is 0 Å². The van der Waals surface area contributed by atoms with E-state index in [0.717, 1.165) is 17.0 Å². The van der Waals surface area contributed by atoms with Gasteiger partial charge in [0.1, 0.15) is 11.4 Å². The normalized spacial score (nSPS) is 11.8. The number of methoxy groups -OCH3 is 1. The van der Waals surface area contributed by atoms with Crippen LogP contribution in [0.15, 0.2) is 80.4 Å². The minimum Gasteiger partial charge on any atom is -0.496 e. The first-order chi connectivity index (χ1) is 17.1. The lowest BCUT2D eigenvalue weighted by molar-refractivity contribution is -0.115. The summed E-state index contributed by atoms with van der Waals surface area (Å²) in [6, 6.07) is 14.7. The van der Waals surface area contributed by atoms with Crippen molar-refractivity contribution in [3.05, 3.63) is 66.4 Å². The maximum absolute atomic E-state index is 12.9. The predicted molar refractivity (Wildman–Crippen MR) is 133 cm³/mol. The number of furan rings is 2. The number of aromatic nitrogens is 4. The Morgan fingerprint density at radius 3 is 2.46 bits per heavy atom. The first kappa shape index (κ1) is 22.8. The molecular formula is C24H19N5O4S2. The fourth-order valence-electron chi connectivity index (χ4n) is 3.26. The topological polar surface area (TPSA) is 116 Å². The third-order valence-electron chi connectivity index (χ3n) is 4.95. The van der Waals surface area contributed by atoms with E-state index < -0.39 is 5.25 Å². The molecule has 0 fully saturated rings. The Kier molecular flexibility index (Phi) is 6.59. The lowest BCUT2D eigenvalue weighted by Crippen LogP contribution is -2.22. The number of benzene rings is 1. The number of carbonyl (C=O) groups excluding carboxylic acids is 1. The van der Waals surface area contributed by atoms with Crippen LogP contribution in [0.1, 0.15) is 6.92 Å². The number of thioether (sulfide) groups is 1. The SMILES string of the molecule is COc1ccccc1-c1csc(NC(=O)C(C)Sc2nnc(-c3ccco3)c(-c3ccco3)n2)n1. The minimum atomic E-state index is -0.505. The lowest BCUT2D eigenvalue weighted by atomic mass is 10.1. The van der Waals surface area contributed by atoms with Gasteiger partial charge in [-0.15, -0.1) is 21.5 Å². The van der Waals surface area contributed by atoms with Gasteiger partial charge in [0, 0.05) is 10.9 Å². The molecule has 1 unspecified atom stereocenters. The van der Waals surface area contributed by atoms with Crippen molar-refractivity contribution in [1.29, 1.82) is 0 Å². The first-order valence-electron chi connectivity index (χ1n) is 10.5. The number of hydrogen-bond acceptors (Lipinski definition) is 10. The largest absolute Gasteiger partial charge is 0.496 e. The van der Waals surface area contributed by atoms with Gasteiger partial charge in [-0.25, -0.2) is 9.97 Å². The van der Waals surface area contributed by atoms with Crippen molar-refractivity contribution in [2.75, 3.05) is 12.4 Å². The minimum absolute atomic E-state index is 0.228. The Hall–Kier alpha value is -3.96. The van der Waals surface area contributed by atoms with Gasteiger partial charge in [0.25, 0.3) is 0 Å². The lowest BCUT2D eigenvalue weighted by Gasteiger charge is -2.10. The summed E-state index contributed by atoms with van der Waals surface area (Å²) in [5.74, 6) is 1.54. The van der Waals surface area contributed by atoms with Crippen molar-refractivity contribution in [2.45, 2.75) is 17.3 Å². The van der Waals surface area contributed by atoms with Gasteiger partial charge < -0.3 is 18.9 Å². The third-order valence-corrected chi connectivity index (χ3v) is 6.65. The number of anilines is 1. The summed E-state index contributed by atoms with van der Waals surface area (Å²) in [6.07, 6.45) is 3.11. The average Bonchev–Trinajstić information content (AvgIpc) is 3.67. The van der Waals surface area contributed by atoms with Crippen LogP contribution in [0.25, 0.3) is 34.2 Å². The molecule has 0 saturated heterocycles. The molecule has 4 aromatic heterocycles. The fraction of sp³-hybridized carbons (Fsp3) is 0.125. The van der Waals surface area contributed by atoms with E-state index in [-0.39, 0.29) is 5.91 Å². The Labute approximate surface area is 208 Å². The van der Waals surface area contributed by atoms with Crippen LogP contribution in [0.5, 0.6) is 5.75 Å². The summed E-state index contributed by atoms with van der Waals surface area (Å²) in [6.45, 7) is 1.77. The third kappa shape index (κ3) is 4.96. The van der Waals surface area contributed by atoms with Crippen molar-refractivity contribution in [2.24, 2.45) is 0 Å². The predicted octanol–water partition coefficient (Wildman–Crippen LogP) is 5.64. The smallest absolute Gasteiger partial charge is 0.239 e. The van der Waals surface area contributed by atoms with E-state index in [2.05, 4.69) is 25.5 Å². The molecule has 0 bridgehead atoms. The van der Waals surface area contributed by atoms with E-state index in [9.17, 15) is 4.79 Å². The fourth-order valence-corrected chi connectivity index (χ4v) is 4.68. The highest BCUT2D eigenvalue weighted by atomic mass is 32.2. The summed E-state index contributed by atoms with van der Waals surface area (Å²) >= 11 is 2.53. The molecule has 0 aliphatic heterocycles. The number of para-hydroxylation sites is 1. The second-order valence-corrected chi connectivity index (χ2v) is 9.40. The molecule has 0 radical (unpaired) electrons. The molecule has 5 rings (SSSR count). The molecule has 1 N–H and O–H groups in total. The number of hydrogen-bond donors (Lipinski definition) is 1. The van der Waals surface area contributed by atoms with Crippen LogP contribution in [0.3, 0.4) is 0 Å². The number of nitrogens with zero attached hydrogens (tertiary/aromatic N) is 4. The number of amides is 1. The highest BCUT2D eigenvalue weighted by molar-refractivity contribution is 8.00. The molecule has 0 aliphatic rings. The highest BCUT2D eigenvalue weighted by Crippen LogP contribution is 2.33. The van der Waals surface area contributed by atoms with Crippen molar-refractivity contribution in [3.63, 3.8) is 0 Å². The van der Waals surface area contributed by atoms with E-state index >= 15 is 0 Å². The Balaban J connectivity index is 1.31. The van der Waals surface area contributed by atoms with Gasteiger partial charge in [0.2, 0.25) is 11.1 Å². The van der Waals surface area contributed by atoms with Crippen molar-refractivity contribution in [3.8, 4) is 39.9 Å². The molecule has 0 spiro atoms. The van der Waals surface area contributed by atoms with E-state index in [4.69, 9.17) is 13.6 Å². The van der Waals surface area contributed by atoms with Crippen LogP contribution in [0.4, 0.5) is 5.13 Å². The molecule has 11 heteroatoms. The monoisotopic (exact) mass is 505 g/mol. The van der Waals surface area contributed by atoms with E-state index in [1.165, 1.54) is 23.1 Å². The molecule has 9 nitrogen and oxygen atoms in total. The number of ether oxygens (including phenoxy) is 1. The standard InChI is InChI=1S/C24H19N5O4S2/c1-14(22(30)27-23-25-16(13-34-23)15-7-3-4-8-17(15)31-2)35-24-26-20(18-9-5-11-32-18)21(28-29-24)19-10-6-12-33-19/h3-14H,1-2H3,(H,25,27,30).